The summed E-state index contributed by atoms with van der Waals surface area (Å²) < 4.78 is 5.15. The lowest BCUT2D eigenvalue weighted by Gasteiger charge is -2.15. The lowest BCUT2D eigenvalue weighted by atomic mass is 10.0. The highest BCUT2D eigenvalue weighted by Gasteiger charge is 2.41. The third-order valence-corrected chi connectivity index (χ3v) is 3.47. The number of nitrogens with one attached hydrogen (secondary N) is 1. The summed E-state index contributed by atoms with van der Waals surface area (Å²) in [6.07, 6.45) is 3.92. The maximum absolute atomic E-state index is 5.15. The molecule has 0 heterocycles. The lowest BCUT2D eigenvalue weighted by molar-refractivity contribution is 0.171. The van der Waals surface area contributed by atoms with Crippen LogP contribution in [-0.4, -0.2) is 20.3 Å². The molecule has 0 spiro atoms. The minimum Gasteiger partial charge on any atom is -0.385 e. The molecule has 2 heteroatoms. The van der Waals surface area contributed by atoms with Crippen LogP contribution >= 0.6 is 0 Å². The van der Waals surface area contributed by atoms with Crippen LogP contribution in [0.2, 0.25) is 0 Å². The highest BCUT2D eigenvalue weighted by Crippen LogP contribution is 2.48. The molecule has 0 atom stereocenters. The molecule has 0 radical (unpaired) electrons. The van der Waals surface area contributed by atoms with Crippen molar-refractivity contribution in [2.24, 2.45) is 5.41 Å². The molecule has 16 heavy (non-hydrogen) atoms. The highest BCUT2D eigenvalue weighted by atomic mass is 16.5. The van der Waals surface area contributed by atoms with Crippen LogP contribution in [0.1, 0.15) is 24.8 Å². The van der Waals surface area contributed by atoms with Gasteiger partial charge in [0, 0.05) is 26.8 Å². The van der Waals surface area contributed by atoms with Gasteiger partial charge in [-0.05, 0) is 30.2 Å². The Labute approximate surface area is 98.0 Å². The van der Waals surface area contributed by atoms with Crippen LogP contribution < -0.4 is 5.32 Å². The molecule has 1 fully saturated rings. The second-order valence-electron chi connectivity index (χ2n) is 4.83. The maximum atomic E-state index is 5.15. The second kappa shape index (κ2) is 5.46. The molecule has 0 aromatic heterocycles. The van der Waals surface area contributed by atoms with Crippen molar-refractivity contribution in [3.05, 3.63) is 35.9 Å². The molecule has 1 aliphatic rings. The van der Waals surface area contributed by atoms with Gasteiger partial charge < -0.3 is 10.1 Å². The summed E-state index contributed by atoms with van der Waals surface area (Å²) in [5.41, 5.74) is 1.91. The van der Waals surface area contributed by atoms with E-state index in [0.717, 1.165) is 19.7 Å². The van der Waals surface area contributed by atoms with Gasteiger partial charge >= 0.3 is 0 Å². The normalized spacial score (nSPS) is 17.3. The summed E-state index contributed by atoms with van der Waals surface area (Å²) in [5, 5.41) is 3.56. The van der Waals surface area contributed by atoms with Crippen molar-refractivity contribution in [1.29, 1.82) is 0 Å². The molecule has 1 saturated carbocycles. The van der Waals surface area contributed by atoms with Gasteiger partial charge in [0.1, 0.15) is 0 Å². The summed E-state index contributed by atoms with van der Waals surface area (Å²) in [4.78, 5) is 0. The molecule has 1 aromatic carbocycles. The van der Waals surface area contributed by atoms with Crippen molar-refractivity contribution in [2.75, 3.05) is 20.3 Å². The minimum absolute atomic E-state index is 0.546. The van der Waals surface area contributed by atoms with Gasteiger partial charge in [0.2, 0.25) is 0 Å². The van der Waals surface area contributed by atoms with Crippen molar-refractivity contribution in [3.8, 4) is 0 Å². The zero-order valence-corrected chi connectivity index (χ0v) is 10.0. The Morgan fingerprint density at radius 1 is 1.25 bits per heavy atom. The molecule has 2 rings (SSSR count). The number of ether oxygens (including phenoxy) is 1. The molecule has 0 amide bonds. The van der Waals surface area contributed by atoms with E-state index in [1.54, 1.807) is 7.11 Å². The average molecular weight is 219 g/mol. The van der Waals surface area contributed by atoms with Crippen LogP contribution in [0, 0.1) is 5.41 Å². The first-order chi connectivity index (χ1) is 7.85. The fourth-order valence-corrected chi connectivity index (χ4v) is 2.08. The molecule has 0 saturated heterocycles. The van der Waals surface area contributed by atoms with Gasteiger partial charge in [-0.2, -0.15) is 0 Å². The topological polar surface area (TPSA) is 21.3 Å². The molecular formula is C14H21NO. The molecule has 0 aliphatic heterocycles. The van der Waals surface area contributed by atoms with Crippen LogP contribution in [0.15, 0.2) is 30.3 Å². The van der Waals surface area contributed by atoms with E-state index in [4.69, 9.17) is 4.74 Å². The van der Waals surface area contributed by atoms with Crippen LogP contribution in [-0.2, 0) is 11.3 Å². The van der Waals surface area contributed by atoms with Crippen LogP contribution in [0.4, 0.5) is 0 Å². The Hall–Kier alpha value is -0.860. The predicted molar refractivity (Wildman–Crippen MR) is 66.3 cm³/mol. The van der Waals surface area contributed by atoms with Crippen LogP contribution in [0.5, 0.6) is 0 Å². The number of methoxy groups -OCH3 is 1. The molecule has 88 valence electrons. The summed E-state index contributed by atoms with van der Waals surface area (Å²) >= 11 is 0. The van der Waals surface area contributed by atoms with Crippen molar-refractivity contribution in [3.63, 3.8) is 0 Å². The zero-order chi connectivity index (χ0) is 11.3. The van der Waals surface area contributed by atoms with Gasteiger partial charge in [-0.25, -0.2) is 0 Å². The van der Waals surface area contributed by atoms with E-state index in [-0.39, 0.29) is 0 Å². The Bertz CT molecular complexity index is 306. The first-order valence-corrected chi connectivity index (χ1v) is 6.08. The van der Waals surface area contributed by atoms with E-state index in [2.05, 4.69) is 35.6 Å². The number of rotatable bonds is 7. The molecule has 2 nitrogen and oxygen atoms in total. The van der Waals surface area contributed by atoms with Crippen LogP contribution in [0.25, 0.3) is 0 Å². The van der Waals surface area contributed by atoms with E-state index < -0.39 is 0 Å². The summed E-state index contributed by atoms with van der Waals surface area (Å²) in [6, 6.07) is 10.6. The maximum Gasteiger partial charge on any atom is 0.0468 e. The molecular weight excluding hydrogens is 198 g/mol. The number of benzene rings is 1. The Balaban J connectivity index is 1.68. The number of hydrogen-bond acceptors (Lipinski definition) is 2. The Morgan fingerprint density at radius 3 is 2.62 bits per heavy atom. The zero-order valence-electron chi connectivity index (χ0n) is 10.0. The summed E-state index contributed by atoms with van der Waals surface area (Å²) in [7, 11) is 1.79. The van der Waals surface area contributed by atoms with E-state index >= 15 is 0 Å². The van der Waals surface area contributed by atoms with Gasteiger partial charge in [0.15, 0.2) is 0 Å². The standard InChI is InChI=1S/C14H21NO/c1-16-10-9-14(7-8-14)12-15-11-13-5-3-2-4-6-13/h2-6,15H,7-12H2,1H3. The molecule has 0 bridgehead atoms. The van der Waals surface area contributed by atoms with E-state index in [9.17, 15) is 0 Å². The van der Waals surface area contributed by atoms with E-state index in [0.29, 0.717) is 5.41 Å². The van der Waals surface area contributed by atoms with Crippen molar-refractivity contribution < 1.29 is 4.74 Å². The quantitative estimate of drug-likeness (QED) is 0.761. The Kier molecular flexibility index (Phi) is 3.97. The molecule has 0 unspecified atom stereocenters. The van der Waals surface area contributed by atoms with Crippen molar-refractivity contribution in [2.45, 2.75) is 25.8 Å². The lowest BCUT2D eigenvalue weighted by Crippen LogP contribution is -2.24. The largest absolute Gasteiger partial charge is 0.385 e. The van der Waals surface area contributed by atoms with Crippen molar-refractivity contribution in [1.82, 2.24) is 5.32 Å². The fourth-order valence-electron chi connectivity index (χ4n) is 2.08. The van der Waals surface area contributed by atoms with Crippen LogP contribution in [0.3, 0.4) is 0 Å². The highest BCUT2D eigenvalue weighted by molar-refractivity contribution is 5.14. The summed E-state index contributed by atoms with van der Waals surface area (Å²) in [6.45, 7) is 3.01. The van der Waals surface area contributed by atoms with Gasteiger partial charge in [-0.15, -0.1) is 0 Å². The number of hydrogen-bond donors (Lipinski definition) is 1. The SMILES string of the molecule is COCCC1(CNCc2ccccc2)CC1. The molecule has 1 N–H and O–H groups in total. The first-order valence-electron chi connectivity index (χ1n) is 6.08. The van der Waals surface area contributed by atoms with Gasteiger partial charge in [-0.1, -0.05) is 30.3 Å². The third kappa shape index (κ3) is 3.32. The molecule has 1 aliphatic carbocycles. The predicted octanol–water partition coefficient (Wildman–Crippen LogP) is 2.59. The fraction of sp³-hybridized carbons (Fsp3) is 0.571. The van der Waals surface area contributed by atoms with E-state index in [1.165, 1.54) is 24.8 Å². The van der Waals surface area contributed by atoms with Gasteiger partial charge in [0.25, 0.3) is 0 Å². The van der Waals surface area contributed by atoms with E-state index in [1.807, 2.05) is 0 Å². The first kappa shape index (κ1) is 11.6. The molecule has 1 aromatic rings. The monoisotopic (exact) mass is 219 g/mol. The minimum atomic E-state index is 0.546. The second-order valence-corrected chi connectivity index (χ2v) is 4.83. The van der Waals surface area contributed by atoms with Crippen molar-refractivity contribution >= 4 is 0 Å². The Morgan fingerprint density at radius 2 is 2.00 bits per heavy atom. The third-order valence-electron chi connectivity index (χ3n) is 3.47. The summed E-state index contributed by atoms with van der Waals surface area (Å²) in [5.74, 6) is 0. The average Bonchev–Trinajstić information content (AvgIpc) is 3.09. The van der Waals surface area contributed by atoms with Gasteiger partial charge in [0.05, 0.1) is 0 Å². The van der Waals surface area contributed by atoms with Gasteiger partial charge in [-0.3, -0.25) is 0 Å². The smallest absolute Gasteiger partial charge is 0.0468 e.